The second-order valence-electron chi connectivity index (χ2n) is 5.40. The van der Waals surface area contributed by atoms with Crippen LogP contribution in [0.15, 0.2) is 18.2 Å². The largest absolute Gasteiger partial charge is 0.481 e. The highest BCUT2D eigenvalue weighted by Crippen LogP contribution is 2.34. The highest BCUT2D eigenvalue weighted by Gasteiger charge is 2.21. The van der Waals surface area contributed by atoms with E-state index in [9.17, 15) is 9.18 Å². The molecule has 1 aromatic heterocycles. The van der Waals surface area contributed by atoms with Crippen molar-refractivity contribution in [2.75, 3.05) is 31.2 Å². The van der Waals surface area contributed by atoms with Crippen LogP contribution in [0.5, 0.6) is 0 Å². The lowest BCUT2D eigenvalue weighted by Crippen LogP contribution is -2.36. The Morgan fingerprint density at radius 3 is 2.83 bits per heavy atom. The van der Waals surface area contributed by atoms with E-state index in [1.54, 1.807) is 19.1 Å². The number of anilines is 1. The molecule has 0 saturated carbocycles. The van der Waals surface area contributed by atoms with Gasteiger partial charge < -0.3 is 14.7 Å². The van der Waals surface area contributed by atoms with Crippen LogP contribution in [0, 0.1) is 12.7 Å². The summed E-state index contributed by atoms with van der Waals surface area (Å²) in [5.41, 5.74) is 1.89. The van der Waals surface area contributed by atoms with E-state index in [0.29, 0.717) is 29.3 Å². The van der Waals surface area contributed by atoms with Gasteiger partial charge in [-0.3, -0.25) is 4.79 Å². The van der Waals surface area contributed by atoms with Gasteiger partial charge in [0, 0.05) is 23.5 Å². The first kappa shape index (κ1) is 15.9. The number of benzene rings is 1. The standard InChI is InChI=1S/C16H17FN2O3S/c1-10-8-11(2-3-12(10)17)15-13(9-14(20)21)23-16(18-15)19-4-6-22-7-5-19/h2-3,8H,4-7,9H2,1H3,(H,20,21). The number of nitrogens with zero attached hydrogens (tertiary/aromatic N) is 2. The summed E-state index contributed by atoms with van der Waals surface area (Å²) in [5, 5.41) is 9.93. The summed E-state index contributed by atoms with van der Waals surface area (Å²) >= 11 is 1.38. The monoisotopic (exact) mass is 336 g/mol. The molecule has 23 heavy (non-hydrogen) atoms. The Morgan fingerprint density at radius 2 is 2.17 bits per heavy atom. The van der Waals surface area contributed by atoms with Crippen LogP contribution in [0.25, 0.3) is 11.3 Å². The van der Waals surface area contributed by atoms with Crippen LogP contribution < -0.4 is 4.90 Å². The zero-order valence-electron chi connectivity index (χ0n) is 12.7. The van der Waals surface area contributed by atoms with E-state index in [1.165, 1.54) is 17.4 Å². The molecule has 3 rings (SSSR count). The molecule has 1 N–H and O–H groups in total. The first-order valence-electron chi connectivity index (χ1n) is 7.35. The van der Waals surface area contributed by atoms with Gasteiger partial charge in [0.05, 0.1) is 25.3 Å². The first-order valence-corrected chi connectivity index (χ1v) is 8.17. The molecular formula is C16H17FN2O3S. The normalized spacial score (nSPS) is 15.0. The Balaban J connectivity index is 2.00. The number of carbonyl (C=O) groups is 1. The molecule has 7 heteroatoms. The summed E-state index contributed by atoms with van der Waals surface area (Å²) in [7, 11) is 0. The number of ether oxygens (including phenoxy) is 1. The Hall–Kier alpha value is -1.99. The molecule has 0 aliphatic carbocycles. The molecule has 0 bridgehead atoms. The van der Waals surface area contributed by atoms with Gasteiger partial charge in [-0.05, 0) is 30.7 Å². The van der Waals surface area contributed by atoms with Crippen molar-refractivity contribution in [2.24, 2.45) is 0 Å². The van der Waals surface area contributed by atoms with Gasteiger partial charge in [0.1, 0.15) is 5.82 Å². The van der Waals surface area contributed by atoms with Gasteiger partial charge in [-0.25, -0.2) is 9.37 Å². The summed E-state index contributed by atoms with van der Waals surface area (Å²) in [6.45, 7) is 4.44. The van der Waals surface area contributed by atoms with Gasteiger partial charge in [0.2, 0.25) is 0 Å². The summed E-state index contributed by atoms with van der Waals surface area (Å²) in [4.78, 5) is 18.6. The molecule has 1 aliphatic rings. The maximum atomic E-state index is 13.5. The highest BCUT2D eigenvalue weighted by atomic mass is 32.1. The second-order valence-corrected chi connectivity index (χ2v) is 6.46. The van der Waals surface area contributed by atoms with Crippen molar-refractivity contribution in [3.63, 3.8) is 0 Å². The number of carboxylic acid groups (broad SMARTS) is 1. The number of hydrogen-bond acceptors (Lipinski definition) is 5. The molecule has 2 aromatic rings. The fourth-order valence-electron chi connectivity index (χ4n) is 2.50. The Bertz CT molecular complexity index is 726. The van der Waals surface area contributed by atoms with E-state index in [0.717, 1.165) is 23.8 Å². The molecule has 1 saturated heterocycles. The first-order chi connectivity index (χ1) is 11.0. The topological polar surface area (TPSA) is 62.7 Å². The average Bonchev–Trinajstić information content (AvgIpc) is 2.94. The van der Waals surface area contributed by atoms with E-state index >= 15 is 0 Å². The smallest absolute Gasteiger partial charge is 0.308 e. The van der Waals surface area contributed by atoms with Crippen LogP contribution in [0.2, 0.25) is 0 Å². The fourth-order valence-corrected chi connectivity index (χ4v) is 3.63. The minimum atomic E-state index is -0.901. The number of rotatable bonds is 4. The maximum absolute atomic E-state index is 13.5. The number of halogens is 1. The molecule has 0 spiro atoms. The van der Waals surface area contributed by atoms with Crippen LogP contribution in [0.1, 0.15) is 10.4 Å². The Labute approximate surface area is 137 Å². The summed E-state index contributed by atoms with van der Waals surface area (Å²) in [5.74, 6) is -1.18. The van der Waals surface area contributed by atoms with E-state index in [1.807, 2.05) is 0 Å². The molecule has 0 amide bonds. The van der Waals surface area contributed by atoms with E-state index in [4.69, 9.17) is 9.84 Å². The minimum Gasteiger partial charge on any atom is -0.481 e. The quantitative estimate of drug-likeness (QED) is 0.930. The number of hydrogen-bond donors (Lipinski definition) is 1. The van der Waals surface area contributed by atoms with Crippen molar-refractivity contribution in [3.05, 3.63) is 34.5 Å². The third-order valence-electron chi connectivity index (χ3n) is 3.71. The van der Waals surface area contributed by atoms with Gasteiger partial charge in [-0.2, -0.15) is 0 Å². The minimum absolute atomic E-state index is 0.0895. The zero-order chi connectivity index (χ0) is 16.4. The molecular weight excluding hydrogens is 319 g/mol. The lowest BCUT2D eigenvalue weighted by molar-refractivity contribution is -0.136. The number of carboxylic acids is 1. The molecule has 2 heterocycles. The van der Waals surface area contributed by atoms with Gasteiger partial charge in [0.25, 0.3) is 0 Å². The number of aliphatic carboxylic acids is 1. The van der Waals surface area contributed by atoms with Crippen molar-refractivity contribution in [2.45, 2.75) is 13.3 Å². The lowest BCUT2D eigenvalue weighted by Gasteiger charge is -2.26. The highest BCUT2D eigenvalue weighted by molar-refractivity contribution is 7.16. The van der Waals surface area contributed by atoms with Crippen LogP contribution >= 0.6 is 11.3 Å². The summed E-state index contributed by atoms with van der Waals surface area (Å²) in [6, 6.07) is 4.74. The summed E-state index contributed by atoms with van der Waals surface area (Å²) < 4.78 is 18.8. The molecule has 0 radical (unpaired) electrons. The molecule has 5 nitrogen and oxygen atoms in total. The van der Waals surface area contributed by atoms with Gasteiger partial charge in [-0.15, -0.1) is 11.3 Å². The summed E-state index contributed by atoms with van der Waals surface area (Å²) in [6.07, 6.45) is -0.0895. The molecule has 1 aromatic carbocycles. The van der Waals surface area contributed by atoms with Crippen LogP contribution in [0.4, 0.5) is 9.52 Å². The van der Waals surface area contributed by atoms with Gasteiger partial charge in [-0.1, -0.05) is 0 Å². The van der Waals surface area contributed by atoms with Crippen LogP contribution in [-0.4, -0.2) is 42.4 Å². The van der Waals surface area contributed by atoms with Crippen molar-refractivity contribution in [3.8, 4) is 11.3 Å². The third-order valence-corrected chi connectivity index (χ3v) is 4.83. The zero-order valence-corrected chi connectivity index (χ0v) is 13.5. The predicted octanol–water partition coefficient (Wildman–Crippen LogP) is 2.72. The molecule has 1 fully saturated rings. The number of aryl methyl sites for hydroxylation is 1. The van der Waals surface area contributed by atoms with Crippen molar-refractivity contribution in [1.29, 1.82) is 0 Å². The van der Waals surface area contributed by atoms with Crippen molar-refractivity contribution >= 4 is 22.4 Å². The van der Waals surface area contributed by atoms with Crippen molar-refractivity contribution in [1.82, 2.24) is 4.98 Å². The SMILES string of the molecule is Cc1cc(-c2nc(N3CCOCC3)sc2CC(=O)O)ccc1F. The fraction of sp³-hybridized carbons (Fsp3) is 0.375. The number of aromatic nitrogens is 1. The molecule has 122 valence electrons. The second kappa shape index (κ2) is 6.64. The predicted molar refractivity (Wildman–Crippen MR) is 86.6 cm³/mol. The van der Waals surface area contributed by atoms with E-state index in [-0.39, 0.29) is 12.2 Å². The van der Waals surface area contributed by atoms with Gasteiger partial charge >= 0.3 is 5.97 Å². The molecule has 0 unspecified atom stereocenters. The van der Waals surface area contributed by atoms with E-state index < -0.39 is 5.97 Å². The van der Waals surface area contributed by atoms with Gasteiger partial charge in [0.15, 0.2) is 5.13 Å². The number of morpholine rings is 1. The average molecular weight is 336 g/mol. The molecule has 1 aliphatic heterocycles. The Kier molecular flexibility index (Phi) is 4.58. The molecule has 0 atom stereocenters. The maximum Gasteiger partial charge on any atom is 0.308 e. The van der Waals surface area contributed by atoms with Crippen LogP contribution in [0.3, 0.4) is 0 Å². The number of thiazole rings is 1. The third kappa shape index (κ3) is 3.51. The van der Waals surface area contributed by atoms with E-state index in [2.05, 4.69) is 9.88 Å². The van der Waals surface area contributed by atoms with Crippen LogP contribution in [-0.2, 0) is 16.0 Å². The Morgan fingerprint density at radius 1 is 1.43 bits per heavy atom. The van der Waals surface area contributed by atoms with Crippen molar-refractivity contribution < 1.29 is 19.0 Å². The lowest BCUT2D eigenvalue weighted by atomic mass is 10.1.